The van der Waals surface area contributed by atoms with E-state index in [4.69, 9.17) is 0 Å². The highest BCUT2D eigenvalue weighted by Gasteiger charge is 2.50. The van der Waals surface area contributed by atoms with E-state index in [0.717, 1.165) is 19.8 Å². The van der Waals surface area contributed by atoms with Gasteiger partial charge in [0, 0.05) is 40.0 Å². The summed E-state index contributed by atoms with van der Waals surface area (Å²) < 4.78 is 0. The Hall–Kier alpha value is -4.16. The first-order valence-electron chi connectivity index (χ1n) is 17.4. The van der Waals surface area contributed by atoms with Crippen LogP contribution in [0.2, 0.25) is 0 Å². The molecule has 17 nitrogen and oxygen atoms in total. The number of β-amino-alcohol motifs (C(OH)–C–C–N with tert-alkyl or cyclic N) is 1. The summed E-state index contributed by atoms with van der Waals surface area (Å²) in [6, 6.07) is 1.77. The Balaban J connectivity index is 1.84. The number of hydrazine groups is 2. The predicted octanol–water partition coefficient (Wildman–Crippen LogP) is -1.62. The van der Waals surface area contributed by atoms with Gasteiger partial charge in [-0.3, -0.25) is 44.0 Å². The molecule has 3 aliphatic heterocycles. The van der Waals surface area contributed by atoms with E-state index < -0.39 is 89.8 Å². The van der Waals surface area contributed by atoms with Crippen LogP contribution in [0.5, 0.6) is 0 Å². The highest BCUT2D eigenvalue weighted by atomic mass is 16.5. The molecule has 3 aliphatic rings. The fourth-order valence-corrected chi connectivity index (χ4v) is 6.93. The molecule has 1 aromatic carbocycles. The molecule has 0 bridgehead atoms. The first-order valence-corrected chi connectivity index (χ1v) is 17.4. The first-order chi connectivity index (χ1) is 24.0. The van der Waals surface area contributed by atoms with Crippen LogP contribution < -0.4 is 16.2 Å². The van der Waals surface area contributed by atoms with Crippen LogP contribution in [-0.4, -0.2) is 151 Å². The maximum absolute atomic E-state index is 14.4. The predicted molar refractivity (Wildman–Crippen MR) is 182 cm³/mol. The van der Waals surface area contributed by atoms with Gasteiger partial charge in [0.1, 0.15) is 30.2 Å². The maximum Gasteiger partial charge on any atom is 0.269 e. The molecular formula is C34H52N8O9. The molecule has 1 aromatic rings. The van der Waals surface area contributed by atoms with Crippen molar-refractivity contribution in [2.75, 3.05) is 33.7 Å². The third-order valence-electron chi connectivity index (χ3n) is 9.83. The quantitative estimate of drug-likeness (QED) is 0.191. The van der Waals surface area contributed by atoms with Gasteiger partial charge in [-0.25, -0.2) is 15.9 Å². The van der Waals surface area contributed by atoms with Crippen molar-refractivity contribution in [2.45, 2.75) is 102 Å². The molecule has 0 aromatic heterocycles. The Labute approximate surface area is 297 Å². The van der Waals surface area contributed by atoms with Crippen molar-refractivity contribution >= 4 is 35.4 Å². The van der Waals surface area contributed by atoms with E-state index in [2.05, 4.69) is 16.2 Å². The van der Waals surface area contributed by atoms with E-state index in [1.165, 1.54) is 27.9 Å². The molecule has 3 heterocycles. The number of amides is 6. The number of carbonyl (C=O) groups is 6. The summed E-state index contributed by atoms with van der Waals surface area (Å²) in [6.07, 6.45) is -0.338. The van der Waals surface area contributed by atoms with Crippen LogP contribution in [0.4, 0.5) is 0 Å². The zero-order valence-corrected chi connectivity index (χ0v) is 30.1. The molecule has 7 unspecified atom stereocenters. The summed E-state index contributed by atoms with van der Waals surface area (Å²) in [5, 5.41) is 38.3. The molecule has 0 spiro atoms. The molecular weight excluding hydrogens is 664 g/mol. The molecule has 0 saturated carbocycles. The summed E-state index contributed by atoms with van der Waals surface area (Å²) in [6.45, 7) is 5.73. The topological polar surface area (TPSA) is 215 Å². The van der Waals surface area contributed by atoms with Gasteiger partial charge in [-0.2, -0.15) is 0 Å². The standard InChI is InChI=1S/C34H52N8O9/c1-7-20(2)27-32(48)40-24(14-11-15-35-40)31(47)39(6)28(34(3,4)50)33(49)41-25(17-22(43)18-36-41)30(46)38(5)19-26(44)37-23(29(45)42(27)51)16-21-12-9-8-10-13-21/h8-10,12-13,20,22-25,27-28,35-36,43,50-51H,7,11,14-19H2,1-6H3,(H,37,44). The number of aliphatic hydroxyl groups is 2. The molecule has 51 heavy (non-hydrogen) atoms. The lowest BCUT2D eigenvalue weighted by Gasteiger charge is -2.46. The van der Waals surface area contributed by atoms with E-state index >= 15 is 0 Å². The van der Waals surface area contributed by atoms with Crippen molar-refractivity contribution in [2.24, 2.45) is 5.92 Å². The number of aliphatic hydroxyl groups excluding tert-OH is 1. The molecule has 17 heteroatoms. The smallest absolute Gasteiger partial charge is 0.269 e. The molecule has 282 valence electrons. The number of hydrogen-bond acceptors (Lipinski definition) is 11. The van der Waals surface area contributed by atoms with E-state index in [0.29, 0.717) is 30.0 Å². The van der Waals surface area contributed by atoms with Crippen LogP contribution in [0.15, 0.2) is 30.3 Å². The second-order valence-corrected chi connectivity index (χ2v) is 14.3. The zero-order valence-electron chi connectivity index (χ0n) is 30.1. The van der Waals surface area contributed by atoms with Crippen molar-refractivity contribution in [3.8, 4) is 0 Å². The minimum absolute atomic E-state index is 0.0607. The Morgan fingerprint density at radius 1 is 0.902 bits per heavy atom. The number of nitrogens with one attached hydrogen (secondary N) is 3. The van der Waals surface area contributed by atoms with Gasteiger partial charge >= 0.3 is 0 Å². The second-order valence-electron chi connectivity index (χ2n) is 14.3. The van der Waals surface area contributed by atoms with Crippen molar-refractivity contribution in [3.05, 3.63) is 35.9 Å². The monoisotopic (exact) mass is 716 g/mol. The summed E-state index contributed by atoms with van der Waals surface area (Å²) in [4.78, 5) is 86.6. The van der Waals surface area contributed by atoms with Crippen LogP contribution in [0.1, 0.15) is 58.9 Å². The Morgan fingerprint density at radius 2 is 1.55 bits per heavy atom. The molecule has 4 rings (SSSR count). The number of nitrogens with zero attached hydrogens (tertiary/aromatic N) is 5. The Morgan fingerprint density at radius 3 is 2.18 bits per heavy atom. The minimum Gasteiger partial charge on any atom is -0.392 e. The average Bonchev–Trinajstić information content (AvgIpc) is 3.09. The summed E-state index contributed by atoms with van der Waals surface area (Å²) >= 11 is 0. The lowest BCUT2D eigenvalue weighted by atomic mass is 9.93. The number of rotatable bonds is 5. The zero-order chi connectivity index (χ0) is 37.8. The van der Waals surface area contributed by atoms with Gasteiger partial charge in [0.05, 0.1) is 18.2 Å². The number of likely N-dealkylation sites (N-methyl/N-ethyl adjacent to an activating group) is 2. The van der Waals surface area contributed by atoms with Crippen LogP contribution in [0.25, 0.3) is 0 Å². The molecule has 0 aliphatic carbocycles. The third kappa shape index (κ3) is 8.84. The van der Waals surface area contributed by atoms with Crippen LogP contribution in [-0.2, 0) is 35.2 Å². The van der Waals surface area contributed by atoms with E-state index in [9.17, 15) is 44.2 Å². The van der Waals surface area contributed by atoms with Crippen molar-refractivity contribution in [1.29, 1.82) is 0 Å². The number of fused-ring (bicyclic) bond motifs is 2. The highest BCUT2D eigenvalue weighted by molar-refractivity contribution is 5.97. The fourth-order valence-electron chi connectivity index (χ4n) is 6.93. The summed E-state index contributed by atoms with van der Waals surface area (Å²) in [5.41, 5.74) is 4.48. The second kappa shape index (κ2) is 16.5. The molecule has 6 amide bonds. The summed E-state index contributed by atoms with van der Waals surface area (Å²) in [7, 11) is 2.63. The Kier molecular flexibility index (Phi) is 12.8. The minimum atomic E-state index is -1.86. The average molecular weight is 717 g/mol. The van der Waals surface area contributed by atoms with Crippen molar-refractivity contribution in [3.63, 3.8) is 0 Å². The lowest BCUT2D eigenvalue weighted by Crippen LogP contribution is -2.70. The largest absolute Gasteiger partial charge is 0.392 e. The lowest BCUT2D eigenvalue weighted by molar-refractivity contribution is -0.193. The molecule has 6 N–H and O–H groups in total. The van der Waals surface area contributed by atoms with Crippen molar-refractivity contribution < 1.29 is 44.2 Å². The molecule has 3 saturated heterocycles. The van der Waals surface area contributed by atoms with Crippen LogP contribution in [0, 0.1) is 5.92 Å². The van der Waals surface area contributed by atoms with Gasteiger partial charge in [0.2, 0.25) is 17.7 Å². The number of carbonyl (C=O) groups excluding carboxylic acids is 6. The van der Waals surface area contributed by atoms with E-state index in [1.54, 1.807) is 44.2 Å². The number of hydroxylamine groups is 2. The highest BCUT2D eigenvalue weighted by Crippen LogP contribution is 2.26. The van der Waals surface area contributed by atoms with Crippen LogP contribution >= 0.6 is 0 Å². The van der Waals surface area contributed by atoms with Gasteiger partial charge in [0.25, 0.3) is 17.7 Å². The number of benzene rings is 1. The van der Waals surface area contributed by atoms with Gasteiger partial charge in [-0.1, -0.05) is 50.6 Å². The van der Waals surface area contributed by atoms with Gasteiger partial charge in [-0.15, -0.1) is 0 Å². The number of hydrogen-bond donors (Lipinski definition) is 6. The molecule has 0 radical (unpaired) electrons. The normalized spacial score (nSPS) is 28.9. The molecule has 3 fully saturated rings. The third-order valence-corrected chi connectivity index (χ3v) is 9.83. The van der Waals surface area contributed by atoms with Gasteiger partial charge < -0.3 is 25.3 Å². The Bertz CT molecular complexity index is 1460. The molecule has 7 atom stereocenters. The van der Waals surface area contributed by atoms with Gasteiger partial charge in [0.15, 0.2) is 0 Å². The van der Waals surface area contributed by atoms with Crippen LogP contribution in [0.3, 0.4) is 0 Å². The fraction of sp³-hybridized carbons (Fsp3) is 0.647. The summed E-state index contributed by atoms with van der Waals surface area (Å²) in [5.74, 6) is -5.42. The van der Waals surface area contributed by atoms with Crippen molar-refractivity contribution in [1.82, 2.24) is 41.0 Å². The van der Waals surface area contributed by atoms with E-state index in [-0.39, 0.29) is 25.8 Å². The first kappa shape index (κ1) is 39.6. The SMILES string of the molecule is CCC(C)C1C(=O)N2NCCCC2C(=O)N(C)C(C(C)(C)O)C(=O)N2NCC(O)CC2C(=O)N(C)CC(=O)NC(Cc2ccccc2)C(=O)N1O. The van der Waals surface area contributed by atoms with E-state index in [1.807, 2.05) is 0 Å². The maximum atomic E-state index is 14.4. The van der Waals surface area contributed by atoms with Gasteiger partial charge in [-0.05, 0) is 38.2 Å².